The van der Waals surface area contributed by atoms with Gasteiger partial charge in [-0.3, -0.25) is 10.1 Å². The van der Waals surface area contributed by atoms with Crippen molar-refractivity contribution in [1.82, 2.24) is 14.9 Å². The smallest absolute Gasteiger partial charge is 0.342 e. The van der Waals surface area contributed by atoms with Crippen LogP contribution in [0, 0.1) is 0 Å². The molecule has 0 spiro atoms. The highest BCUT2D eigenvalue weighted by Crippen LogP contribution is 2.15. The van der Waals surface area contributed by atoms with Gasteiger partial charge in [0.2, 0.25) is 0 Å². The fraction of sp³-hybridized carbons (Fsp3) is 0.444. The summed E-state index contributed by atoms with van der Waals surface area (Å²) < 4.78 is 1.64. The van der Waals surface area contributed by atoms with Crippen molar-refractivity contribution in [2.45, 2.75) is 19.0 Å². The van der Waals surface area contributed by atoms with Gasteiger partial charge in [-0.25, -0.2) is 4.79 Å². The van der Waals surface area contributed by atoms with E-state index in [1.165, 1.54) is 12.5 Å². The Bertz CT molecular complexity index is 434. The van der Waals surface area contributed by atoms with Gasteiger partial charge in [0.15, 0.2) is 0 Å². The molecular weight excluding hydrogens is 198 g/mol. The van der Waals surface area contributed by atoms with Crippen molar-refractivity contribution < 1.29 is 9.90 Å². The van der Waals surface area contributed by atoms with Crippen molar-refractivity contribution in [2.24, 2.45) is 0 Å². The highest BCUT2D eigenvalue weighted by molar-refractivity contribution is 5.86. The van der Waals surface area contributed by atoms with Crippen molar-refractivity contribution >= 4 is 5.97 Å². The van der Waals surface area contributed by atoms with Gasteiger partial charge in [-0.1, -0.05) is 0 Å². The van der Waals surface area contributed by atoms with Gasteiger partial charge < -0.3 is 9.67 Å². The van der Waals surface area contributed by atoms with Gasteiger partial charge in [-0.15, -0.1) is 0 Å². The number of carbonyl (C=O) groups is 1. The monoisotopic (exact) mass is 209 g/mol. The lowest BCUT2D eigenvalue weighted by molar-refractivity contribution is 0.0693. The minimum Gasteiger partial charge on any atom is -0.477 e. The number of aromatic carboxylic acids is 1. The van der Waals surface area contributed by atoms with Crippen LogP contribution in [0.25, 0.3) is 0 Å². The molecule has 2 heterocycles. The number of carboxylic acids is 1. The van der Waals surface area contributed by atoms with Gasteiger partial charge in [0, 0.05) is 6.20 Å². The lowest BCUT2D eigenvalue weighted by Gasteiger charge is -2.14. The molecule has 1 aromatic rings. The summed E-state index contributed by atoms with van der Waals surface area (Å²) in [7, 11) is 0. The Morgan fingerprint density at radius 1 is 1.67 bits per heavy atom. The van der Waals surface area contributed by atoms with E-state index < -0.39 is 11.5 Å². The zero-order chi connectivity index (χ0) is 10.8. The average Bonchev–Trinajstić information content (AvgIpc) is 2.71. The van der Waals surface area contributed by atoms with Gasteiger partial charge in [0.05, 0.1) is 6.17 Å². The Morgan fingerprint density at radius 3 is 3.07 bits per heavy atom. The van der Waals surface area contributed by atoms with Crippen LogP contribution in [0.5, 0.6) is 0 Å². The average molecular weight is 209 g/mol. The maximum atomic E-state index is 11.1. The molecule has 1 aromatic heterocycles. The maximum absolute atomic E-state index is 11.1. The summed E-state index contributed by atoms with van der Waals surface area (Å²) in [6, 6.07) is 0. The van der Waals surface area contributed by atoms with Crippen LogP contribution in [0.4, 0.5) is 0 Å². The third-order valence-corrected chi connectivity index (χ3v) is 2.44. The predicted molar refractivity (Wildman–Crippen MR) is 51.7 cm³/mol. The minimum atomic E-state index is -1.24. The molecule has 0 aromatic carbocycles. The lowest BCUT2D eigenvalue weighted by atomic mass is 10.3. The molecule has 15 heavy (non-hydrogen) atoms. The van der Waals surface area contributed by atoms with Crippen LogP contribution in [0.3, 0.4) is 0 Å². The molecule has 0 bridgehead atoms. The molecule has 1 aliphatic rings. The van der Waals surface area contributed by atoms with Gasteiger partial charge in [-0.2, -0.15) is 4.98 Å². The molecule has 1 atom stereocenters. The molecule has 2 N–H and O–H groups in total. The second-order valence-corrected chi connectivity index (χ2v) is 3.46. The number of hydrogen-bond acceptors (Lipinski definition) is 4. The third kappa shape index (κ3) is 1.89. The number of aromatic nitrogens is 2. The fourth-order valence-electron chi connectivity index (χ4n) is 1.66. The summed E-state index contributed by atoms with van der Waals surface area (Å²) in [6.45, 7) is 0.902. The molecule has 0 saturated carbocycles. The molecular formula is C9H11N3O3. The van der Waals surface area contributed by atoms with Crippen molar-refractivity contribution in [3.05, 3.63) is 28.4 Å². The summed E-state index contributed by atoms with van der Waals surface area (Å²) in [5.41, 5.74) is -0.983. The first kappa shape index (κ1) is 9.85. The van der Waals surface area contributed by atoms with Gasteiger partial charge in [-0.05, 0) is 19.4 Å². The van der Waals surface area contributed by atoms with E-state index in [4.69, 9.17) is 5.11 Å². The highest BCUT2D eigenvalue weighted by Gasteiger charge is 2.17. The minimum absolute atomic E-state index is 0.0520. The molecule has 1 aliphatic heterocycles. The molecule has 1 saturated heterocycles. The molecule has 2 rings (SSSR count). The summed E-state index contributed by atoms with van der Waals surface area (Å²) in [5, 5.41) is 11.9. The van der Waals surface area contributed by atoms with Crippen LogP contribution in [-0.4, -0.2) is 27.2 Å². The summed E-state index contributed by atoms with van der Waals surface area (Å²) in [5.74, 6) is -1.24. The first-order chi connectivity index (χ1) is 7.18. The zero-order valence-electron chi connectivity index (χ0n) is 8.01. The maximum Gasteiger partial charge on any atom is 0.342 e. The van der Waals surface area contributed by atoms with Gasteiger partial charge >= 0.3 is 5.97 Å². The predicted octanol–water partition coefficient (Wildman–Crippen LogP) is -0.176. The summed E-state index contributed by atoms with van der Waals surface area (Å²) in [4.78, 5) is 25.3. The SMILES string of the molecule is O=C(O)c1cn(C2CCCN2)cnc1=O. The topological polar surface area (TPSA) is 84.2 Å². The van der Waals surface area contributed by atoms with Gasteiger partial charge in [0.1, 0.15) is 11.9 Å². The van der Waals surface area contributed by atoms with E-state index in [1.54, 1.807) is 4.57 Å². The first-order valence-electron chi connectivity index (χ1n) is 4.73. The Kier molecular flexibility index (Phi) is 2.51. The van der Waals surface area contributed by atoms with Crippen LogP contribution in [0.2, 0.25) is 0 Å². The van der Waals surface area contributed by atoms with E-state index >= 15 is 0 Å². The van der Waals surface area contributed by atoms with Crippen LogP contribution in [0.15, 0.2) is 17.3 Å². The molecule has 0 radical (unpaired) electrons. The van der Waals surface area contributed by atoms with Crippen LogP contribution in [0.1, 0.15) is 29.4 Å². The molecule has 6 heteroatoms. The summed E-state index contributed by atoms with van der Waals surface area (Å²) >= 11 is 0. The largest absolute Gasteiger partial charge is 0.477 e. The number of rotatable bonds is 2. The molecule has 1 fully saturated rings. The lowest BCUT2D eigenvalue weighted by Crippen LogP contribution is -2.25. The van der Waals surface area contributed by atoms with Gasteiger partial charge in [0.25, 0.3) is 5.56 Å². The van der Waals surface area contributed by atoms with E-state index in [0.29, 0.717) is 0 Å². The second-order valence-electron chi connectivity index (χ2n) is 3.46. The van der Waals surface area contributed by atoms with Crippen molar-refractivity contribution in [3.8, 4) is 0 Å². The van der Waals surface area contributed by atoms with Crippen molar-refractivity contribution in [2.75, 3.05) is 6.54 Å². The van der Waals surface area contributed by atoms with E-state index in [0.717, 1.165) is 19.4 Å². The Balaban J connectivity index is 2.37. The van der Waals surface area contributed by atoms with Crippen LogP contribution in [-0.2, 0) is 0 Å². The molecule has 0 aliphatic carbocycles. The zero-order valence-corrected chi connectivity index (χ0v) is 8.01. The first-order valence-corrected chi connectivity index (χ1v) is 4.73. The van der Waals surface area contributed by atoms with Crippen molar-refractivity contribution in [3.63, 3.8) is 0 Å². The number of hydrogen-bond donors (Lipinski definition) is 2. The second kappa shape index (κ2) is 3.82. The van der Waals surface area contributed by atoms with E-state index in [-0.39, 0.29) is 11.7 Å². The molecule has 1 unspecified atom stereocenters. The fourth-order valence-corrected chi connectivity index (χ4v) is 1.66. The molecule has 6 nitrogen and oxygen atoms in total. The Morgan fingerprint density at radius 2 is 2.47 bits per heavy atom. The summed E-state index contributed by atoms with van der Waals surface area (Å²) in [6.07, 6.45) is 4.72. The van der Waals surface area contributed by atoms with Crippen molar-refractivity contribution in [1.29, 1.82) is 0 Å². The van der Waals surface area contributed by atoms with E-state index in [1.807, 2.05) is 0 Å². The third-order valence-electron chi connectivity index (χ3n) is 2.44. The van der Waals surface area contributed by atoms with Crippen LogP contribution >= 0.6 is 0 Å². The molecule has 0 amide bonds. The van der Waals surface area contributed by atoms with Crippen LogP contribution < -0.4 is 10.9 Å². The number of carboxylic acid groups (broad SMARTS) is 1. The standard InChI is InChI=1S/C9H11N3O3/c13-8-6(9(14)15)4-12(5-11-8)7-2-1-3-10-7/h4-5,7,10H,1-3H2,(H,14,15). The quantitative estimate of drug-likeness (QED) is 0.706. The molecule has 80 valence electrons. The van der Waals surface area contributed by atoms with E-state index in [2.05, 4.69) is 10.3 Å². The Hall–Kier alpha value is -1.69. The Labute approximate surface area is 85.6 Å². The highest BCUT2D eigenvalue weighted by atomic mass is 16.4. The number of nitrogens with one attached hydrogen (secondary N) is 1. The normalized spacial score (nSPS) is 20.4. The van der Waals surface area contributed by atoms with E-state index in [9.17, 15) is 9.59 Å². The number of nitrogens with zero attached hydrogens (tertiary/aromatic N) is 2.